The summed E-state index contributed by atoms with van der Waals surface area (Å²) in [5.41, 5.74) is 0.301. The molecular formula is C25H29F3N2O5. The molecule has 1 atom stereocenters. The lowest BCUT2D eigenvalue weighted by Gasteiger charge is -2.17. The number of halogens is 3. The van der Waals surface area contributed by atoms with Crippen molar-refractivity contribution < 1.29 is 37.0 Å². The van der Waals surface area contributed by atoms with E-state index in [2.05, 4.69) is 15.4 Å². The molecule has 0 aliphatic rings. The Labute approximate surface area is 202 Å². The molecule has 35 heavy (non-hydrogen) atoms. The number of rotatable bonds is 12. The molecule has 190 valence electrons. The lowest BCUT2D eigenvalue weighted by Crippen LogP contribution is -2.43. The number of hydrogen-bond acceptors (Lipinski definition) is 5. The lowest BCUT2D eigenvalue weighted by molar-refractivity contribution is -0.145. The molecule has 2 aromatic rings. The first-order valence-electron chi connectivity index (χ1n) is 11.2. The SMILES string of the molecule is COC(=O)[C@@H](Cc1cccc(C(F)(F)F)c1)NC(=O)CCCCCNC(=O)OCc1ccccc1. The van der Waals surface area contributed by atoms with Crippen LogP contribution in [0.15, 0.2) is 54.6 Å². The third kappa shape index (κ3) is 10.5. The number of alkyl halides is 3. The number of nitrogens with one attached hydrogen (secondary N) is 2. The lowest BCUT2D eigenvalue weighted by atomic mass is 10.0. The van der Waals surface area contributed by atoms with Gasteiger partial charge in [0.15, 0.2) is 0 Å². The van der Waals surface area contributed by atoms with Gasteiger partial charge in [0.25, 0.3) is 0 Å². The van der Waals surface area contributed by atoms with Gasteiger partial charge in [-0.15, -0.1) is 0 Å². The molecule has 2 aromatic carbocycles. The van der Waals surface area contributed by atoms with E-state index in [1.54, 1.807) is 0 Å². The second-order valence-corrected chi connectivity index (χ2v) is 7.84. The van der Waals surface area contributed by atoms with Crippen LogP contribution in [0, 0.1) is 0 Å². The number of carbonyl (C=O) groups excluding carboxylic acids is 3. The zero-order valence-corrected chi connectivity index (χ0v) is 19.4. The van der Waals surface area contributed by atoms with Crippen molar-refractivity contribution in [2.75, 3.05) is 13.7 Å². The van der Waals surface area contributed by atoms with Crippen molar-refractivity contribution in [3.63, 3.8) is 0 Å². The summed E-state index contributed by atoms with van der Waals surface area (Å²) in [6, 6.07) is 12.8. The molecule has 0 saturated carbocycles. The molecule has 7 nitrogen and oxygen atoms in total. The molecule has 0 saturated heterocycles. The number of hydrogen-bond donors (Lipinski definition) is 2. The Kier molecular flexibility index (Phi) is 11.1. The molecular weight excluding hydrogens is 465 g/mol. The van der Waals surface area contributed by atoms with Crippen molar-refractivity contribution in [3.05, 3.63) is 71.3 Å². The van der Waals surface area contributed by atoms with E-state index < -0.39 is 35.8 Å². The highest BCUT2D eigenvalue weighted by atomic mass is 19.4. The van der Waals surface area contributed by atoms with Crippen LogP contribution in [0.25, 0.3) is 0 Å². The molecule has 2 N–H and O–H groups in total. The van der Waals surface area contributed by atoms with Gasteiger partial charge in [-0.2, -0.15) is 13.2 Å². The Morgan fingerprint density at radius 1 is 0.943 bits per heavy atom. The summed E-state index contributed by atoms with van der Waals surface area (Å²) in [6.07, 6.45) is -3.27. The standard InChI is InChI=1S/C25H29F3N2O5/c1-34-23(32)21(16-19-11-8-12-20(15-19)25(26,27)28)30-22(31)13-6-3-7-14-29-24(33)35-17-18-9-4-2-5-10-18/h2,4-5,8-12,15,21H,3,6-7,13-14,16-17H2,1H3,(H,29,33)(H,30,31)/t21-/m1/s1. The first-order chi connectivity index (χ1) is 16.7. The Morgan fingerprint density at radius 2 is 1.66 bits per heavy atom. The average molecular weight is 495 g/mol. The van der Waals surface area contributed by atoms with Crippen molar-refractivity contribution in [2.24, 2.45) is 0 Å². The molecule has 0 radical (unpaired) electrons. The Morgan fingerprint density at radius 3 is 2.34 bits per heavy atom. The summed E-state index contributed by atoms with van der Waals surface area (Å²) in [6.45, 7) is 0.560. The van der Waals surface area contributed by atoms with Crippen molar-refractivity contribution in [1.82, 2.24) is 10.6 Å². The van der Waals surface area contributed by atoms with Crippen molar-refractivity contribution in [3.8, 4) is 0 Å². The van der Waals surface area contributed by atoms with E-state index in [4.69, 9.17) is 4.74 Å². The molecule has 0 heterocycles. The van der Waals surface area contributed by atoms with Crippen LogP contribution in [-0.2, 0) is 38.3 Å². The van der Waals surface area contributed by atoms with E-state index in [9.17, 15) is 27.6 Å². The number of methoxy groups -OCH3 is 1. The number of carbonyl (C=O) groups is 3. The zero-order chi connectivity index (χ0) is 25.7. The molecule has 0 bridgehead atoms. The van der Waals surface area contributed by atoms with E-state index in [-0.39, 0.29) is 25.0 Å². The fourth-order valence-electron chi connectivity index (χ4n) is 3.26. The van der Waals surface area contributed by atoms with Crippen LogP contribution in [0.4, 0.5) is 18.0 Å². The molecule has 0 aromatic heterocycles. The number of ether oxygens (including phenoxy) is 2. The number of alkyl carbamates (subject to hydrolysis) is 1. The van der Waals surface area contributed by atoms with Gasteiger partial charge in [0, 0.05) is 19.4 Å². The fraction of sp³-hybridized carbons (Fsp3) is 0.400. The summed E-state index contributed by atoms with van der Waals surface area (Å²) in [5, 5.41) is 5.17. The minimum Gasteiger partial charge on any atom is -0.467 e. The first kappa shape index (κ1) is 27.7. The maximum absolute atomic E-state index is 12.9. The zero-order valence-electron chi connectivity index (χ0n) is 19.4. The molecule has 2 amide bonds. The molecule has 0 fully saturated rings. The Balaban J connectivity index is 1.69. The van der Waals surface area contributed by atoms with Crippen LogP contribution in [0.2, 0.25) is 0 Å². The molecule has 0 spiro atoms. The molecule has 2 rings (SSSR count). The summed E-state index contributed by atoms with van der Waals surface area (Å²) in [4.78, 5) is 36.0. The second kappa shape index (κ2) is 14.0. The normalized spacial score (nSPS) is 11.9. The van der Waals surface area contributed by atoms with Crippen LogP contribution in [0.3, 0.4) is 0 Å². The van der Waals surface area contributed by atoms with Crippen LogP contribution in [0.1, 0.15) is 42.4 Å². The van der Waals surface area contributed by atoms with Gasteiger partial charge < -0.3 is 20.1 Å². The van der Waals surface area contributed by atoms with Crippen LogP contribution in [-0.4, -0.2) is 37.7 Å². The van der Waals surface area contributed by atoms with Crippen molar-refractivity contribution in [2.45, 2.75) is 50.9 Å². The van der Waals surface area contributed by atoms with E-state index in [0.717, 1.165) is 24.8 Å². The number of esters is 1. The van der Waals surface area contributed by atoms with Crippen LogP contribution >= 0.6 is 0 Å². The summed E-state index contributed by atoms with van der Waals surface area (Å²) in [5.74, 6) is -1.16. The number of unbranched alkanes of at least 4 members (excludes halogenated alkanes) is 2. The van der Waals surface area contributed by atoms with Gasteiger partial charge in [-0.25, -0.2) is 9.59 Å². The summed E-state index contributed by atoms with van der Waals surface area (Å²) >= 11 is 0. The monoisotopic (exact) mass is 494 g/mol. The Bertz CT molecular complexity index is 967. The topological polar surface area (TPSA) is 93.7 Å². The van der Waals surface area contributed by atoms with Gasteiger partial charge in [-0.3, -0.25) is 4.79 Å². The van der Waals surface area contributed by atoms with Gasteiger partial charge in [0.1, 0.15) is 12.6 Å². The van der Waals surface area contributed by atoms with Crippen molar-refractivity contribution >= 4 is 18.0 Å². The van der Waals surface area contributed by atoms with Crippen molar-refractivity contribution in [1.29, 1.82) is 0 Å². The number of benzene rings is 2. The second-order valence-electron chi connectivity index (χ2n) is 7.84. The summed E-state index contributed by atoms with van der Waals surface area (Å²) in [7, 11) is 1.14. The summed E-state index contributed by atoms with van der Waals surface area (Å²) < 4.78 is 48.6. The largest absolute Gasteiger partial charge is 0.467 e. The van der Waals surface area contributed by atoms with Gasteiger partial charge in [-0.05, 0) is 30.0 Å². The molecule has 0 aliphatic heterocycles. The third-order valence-corrected chi connectivity index (χ3v) is 5.08. The number of amides is 2. The maximum Gasteiger partial charge on any atom is 0.416 e. The highest BCUT2D eigenvalue weighted by Gasteiger charge is 2.31. The van der Waals surface area contributed by atoms with Gasteiger partial charge in [0.05, 0.1) is 12.7 Å². The fourth-order valence-corrected chi connectivity index (χ4v) is 3.26. The van der Waals surface area contributed by atoms with E-state index >= 15 is 0 Å². The molecule has 10 heteroatoms. The van der Waals surface area contributed by atoms with E-state index in [1.807, 2.05) is 30.3 Å². The van der Waals surface area contributed by atoms with Crippen LogP contribution in [0.5, 0.6) is 0 Å². The van der Waals surface area contributed by atoms with Gasteiger partial charge in [0.2, 0.25) is 5.91 Å². The third-order valence-electron chi connectivity index (χ3n) is 5.08. The van der Waals surface area contributed by atoms with E-state index in [0.29, 0.717) is 25.8 Å². The predicted molar refractivity (Wildman–Crippen MR) is 122 cm³/mol. The maximum atomic E-state index is 12.9. The predicted octanol–water partition coefficient (Wildman–Crippen LogP) is 4.39. The highest BCUT2D eigenvalue weighted by molar-refractivity contribution is 5.84. The molecule has 0 unspecified atom stereocenters. The molecule has 0 aliphatic carbocycles. The average Bonchev–Trinajstić information content (AvgIpc) is 2.84. The minimum absolute atomic E-state index is 0.120. The first-order valence-corrected chi connectivity index (χ1v) is 11.2. The van der Waals surface area contributed by atoms with Gasteiger partial charge in [-0.1, -0.05) is 55.0 Å². The Hall–Kier alpha value is -3.56. The minimum atomic E-state index is -4.51. The smallest absolute Gasteiger partial charge is 0.416 e. The van der Waals surface area contributed by atoms with Gasteiger partial charge >= 0.3 is 18.2 Å². The van der Waals surface area contributed by atoms with Crippen LogP contribution < -0.4 is 10.6 Å². The highest BCUT2D eigenvalue weighted by Crippen LogP contribution is 2.29. The van der Waals surface area contributed by atoms with E-state index in [1.165, 1.54) is 12.1 Å². The quantitative estimate of drug-likeness (QED) is 0.337.